The molecule has 0 radical (unpaired) electrons. The van der Waals surface area contributed by atoms with Crippen LogP contribution in [0, 0.1) is 10.1 Å². The smallest absolute Gasteiger partial charge is 0.337 e. The highest BCUT2D eigenvalue weighted by atomic mass is 16.6. The number of hydrogen-bond donors (Lipinski definition) is 1. The van der Waals surface area contributed by atoms with Crippen LogP contribution < -0.4 is 5.32 Å². The second kappa shape index (κ2) is 5.42. The molecule has 2 aromatic heterocycles. The number of aromatic nitrogens is 4. The summed E-state index contributed by atoms with van der Waals surface area (Å²) in [5, 5.41) is 18.0. The molecule has 8 heteroatoms. The van der Waals surface area contributed by atoms with Crippen molar-refractivity contribution in [3.63, 3.8) is 0 Å². The Morgan fingerprint density at radius 1 is 1.47 bits per heavy atom. The third-order valence-electron chi connectivity index (χ3n) is 2.60. The van der Waals surface area contributed by atoms with Gasteiger partial charge >= 0.3 is 5.69 Å². The van der Waals surface area contributed by atoms with Crippen LogP contribution in [-0.4, -0.2) is 31.7 Å². The first-order valence-corrected chi connectivity index (χ1v) is 5.87. The van der Waals surface area contributed by atoms with Crippen molar-refractivity contribution in [3.8, 4) is 11.3 Å². The number of hydrogen-bond acceptors (Lipinski definition) is 6. The fourth-order valence-electron chi connectivity index (χ4n) is 1.78. The summed E-state index contributed by atoms with van der Waals surface area (Å²) in [5.74, 6) is 0.193. The summed E-state index contributed by atoms with van der Waals surface area (Å²) in [6.45, 7) is 2.80. The lowest BCUT2D eigenvalue weighted by Crippen LogP contribution is -2.02. The highest BCUT2D eigenvalue weighted by Gasteiger charge is 2.23. The number of nitrogens with zero attached hydrogens (tertiary/aromatic N) is 5. The van der Waals surface area contributed by atoms with Gasteiger partial charge in [-0.3, -0.25) is 14.8 Å². The van der Waals surface area contributed by atoms with Gasteiger partial charge in [0.25, 0.3) is 0 Å². The third kappa shape index (κ3) is 2.51. The number of nitro groups is 1. The Balaban J connectivity index is 2.51. The van der Waals surface area contributed by atoms with Crippen molar-refractivity contribution < 1.29 is 4.92 Å². The van der Waals surface area contributed by atoms with Gasteiger partial charge in [0.15, 0.2) is 5.69 Å². The Morgan fingerprint density at radius 2 is 2.26 bits per heavy atom. The van der Waals surface area contributed by atoms with E-state index in [0.717, 1.165) is 13.0 Å². The second-order valence-corrected chi connectivity index (χ2v) is 3.92. The molecule has 1 N–H and O–H groups in total. The number of anilines is 1. The van der Waals surface area contributed by atoms with Gasteiger partial charge in [0.05, 0.1) is 11.1 Å². The van der Waals surface area contributed by atoms with Gasteiger partial charge in [0.2, 0.25) is 5.82 Å². The van der Waals surface area contributed by atoms with Gasteiger partial charge in [0, 0.05) is 25.4 Å². The predicted molar refractivity (Wildman–Crippen MR) is 69.7 cm³/mol. The Bertz CT molecular complexity index is 595. The first-order valence-electron chi connectivity index (χ1n) is 5.87. The van der Waals surface area contributed by atoms with Gasteiger partial charge in [-0.15, -0.1) is 0 Å². The van der Waals surface area contributed by atoms with Gasteiger partial charge in [0.1, 0.15) is 6.33 Å². The molecule has 0 aromatic carbocycles. The molecule has 0 unspecified atom stereocenters. The highest BCUT2D eigenvalue weighted by molar-refractivity contribution is 5.75. The van der Waals surface area contributed by atoms with Crippen LogP contribution in [0.1, 0.15) is 13.3 Å². The van der Waals surface area contributed by atoms with Gasteiger partial charge in [-0.2, -0.15) is 5.10 Å². The number of aryl methyl sites for hydroxylation is 1. The van der Waals surface area contributed by atoms with Crippen molar-refractivity contribution in [1.82, 2.24) is 19.7 Å². The summed E-state index contributed by atoms with van der Waals surface area (Å²) in [7, 11) is 1.58. The van der Waals surface area contributed by atoms with Crippen molar-refractivity contribution in [1.29, 1.82) is 0 Å². The molecule has 0 aliphatic rings. The van der Waals surface area contributed by atoms with E-state index in [1.54, 1.807) is 24.1 Å². The standard InChI is InChI=1S/C11H14N6O2/c1-3-4-16-6-8(5-15-16)9-10(17(18)19)11(12-2)14-7-13-9/h5-7H,3-4H2,1-2H3,(H,12,13,14). The molecular weight excluding hydrogens is 248 g/mol. The minimum atomic E-state index is -0.488. The van der Waals surface area contributed by atoms with Crippen molar-refractivity contribution in [2.24, 2.45) is 0 Å². The van der Waals surface area contributed by atoms with Gasteiger partial charge in [-0.25, -0.2) is 9.97 Å². The van der Waals surface area contributed by atoms with Crippen LogP contribution in [0.2, 0.25) is 0 Å². The molecule has 0 saturated heterocycles. The molecule has 0 atom stereocenters. The summed E-state index contributed by atoms with van der Waals surface area (Å²) >= 11 is 0. The fraction of sp³-hybridized carbons (Fsp3) is 0.364. The van der Waals surface area contributed by atoms with E-state index in [-0.39, 0.29) is 17.2 Å². The molecule has 100 valence electrons. The number of rotatable bonds is 5. The van der Waals surface area contributed by atoms with Gasteiger partial charge < -0.3 is 5.32 Å². The van der Waals surface area contributed by atoms with E-state index in [2.05, 4.69) is 20.4 Å². The molecule has 19 heavy (non-hydrogen) atoms. The van der Waals surface area contributed by atoms with Crippen LogP contribution in [0.4, 0.5) is 11.5 Å². The highest BCUT2D eigenvalue weighted by Crippen LogP contribution is 2.32. The summed E-state index contributed by atoms with van der Waals surface area (Å²) in [4.78, 5) is 18.5. The molecule has 8 nitrogen and oxygen atoms in total. The molecule has 2 heterocycles. The molecule has 0 fully saturated rings. The maximum absolute atomic E-state index is 11.2. The van der Waals surface area contributed by atoms with Crippen molar-refractivity contribution >= 4 is 11.5 Å². The maximum Gasteiger partial charge on any atom is 0.337 e. The van der Waals surface area contributed by atoms with E-state index in [0.29, 0.717) is 5.56 Å². The van der Waals surface area contributed by atoms with Gasteiger partial charge in [-0.05, 0) is 6.42 Å². The predicted octanol–water partition coefficient (Wildman–Crippen LogP) is 1.70. The zero-order valence-electron chi connectivity index (χ0n) is 10.7. The third-order valence-corrected chi connectivity index (χ3v) is 2.60. The van der Waals surface area contributed by atoms with Crippen molar-refractivity contribution in [3.05, 3.63) is 28.8 Å². The molecule has 0 saturated carbocycles. The molecule has 0 aliphatic carbocycles. The molecular formula is C11H14N6O2. The molecule has 0 amide bonds. The van der Waals surface area contributed by atoms with Crippen LogP contribution in [0.5, 0.6) is 0 Å². The first kappa shape index (κ1) is 12.9. The Labute approximate surface area is 109 Å². The van der Waals surface area contributed by atoms with Crippen LogP contribution in [0.3, 0.4) is 0 Å². The fourth-order valence-corrected chi connectivity index (χ4v) is 1.78. The second-order valence-electron chi connectivity index (χ2n) is 3.92. The average Bonchev–Trinajstić information content (AvgIpc) is 2.86. The van der Waals surface area contributed by atoms with E-state index < -0.39 is 4.92 Å². The summed E-state index contributed by atoms with van der Waals surface area (Å²) in [6.07, 6.45) is 5.56. The Hall–Kier alpha value is -2.51. The quantitative estimate of drug-likeness (QED) is 0.650. The lowest BCUT2D eigenvalue weighted by atomic mass is 10.2. The number of nitrogens with one attached hydrogen (secondary N) is 1. The Kier molecular flexibility index (Phi) is 3.69. The van der Waals surface area contributed by atoms with E-state index in [4.69, 9.17) is 0 Å². The van der Waals surface area contributed by atoms with E-state index in [9.17, 15) is 10.1 Å². The molecule has 0 aliphatic heterocycles. The average molecular weight is 262 g/mol. The monoisotopic (exact) mass is 262 g/mol. The first-order chi connectivity index (χ1) is 9.17. The maximum atomic E-state index is 11.2. The van der Waals surface area contributed by atoms with Crippen LogP contribution in [0.25, 0.3) is 11.3 Å². The molecule has 2 rings (SSSR count). The summed E-state index contributed by atoms with van der Waals surface area (Å²) in [6, 6.07) is 0. The molecule has 0 spiro atoms. The van der Waals surface area contributed by atoms with Crippen molar-refractivity contribution in [2.45, 2.75) is 19.9 Å². The topological polar surface area (TPSA) is 98.8 Å². The van der Waals surface area contributed by atoms with Crippen LogP contribution in [0.15, 0.2) is 18.7 Å². The lowest BCUT2D eigenvalue weighted by Gasteiger charge is -2.03. The van der Waals surface area contributed by atoms with E-state index in [1.165, 1.54) is 6.33 Å². The largest absolute Gasteiger partial charge is 0.367 e. The lowest BCUT2D eigenvalue weighted by molar-refractivity contribution is -0.383. The van der Waals surface area contributed by atoms with Gasteiger partial charge in [-0.1, -0.05) is 6.92 Å². The van der Waals surface area contributed by atoms with E-state index in [1.807, 2.05) is 6.92 Å². The van der Waals surface area contributed by atoms with Crippen molar-refractivity contribution in [2.75, 3.05) is 12.4 Å². The minimum Gasteiger partial charge on any atom is -0.367 e. The normalized spacial score (nSPS) is 10.4. The molecule has 0 bridgehead atoms. The molecule has 2 aromatic rings. The minimum absolute atomic E-state index is 0.138. The zero-order chi connectivity index (χ0) is 13.8. The summed E-state index contributed by atoms with van der Waals surface area (Å²) < 4.78 is 1.74. The SMILES string of the molecule is CCCn1cc(-c2ncnc(NC)c2[N+](=O)[O-])cn1. The van der Waals surface area contributed by atoms with Crippen LogP contribution >= 0.6 is 0 Å². The Morgan fingerprint density at radius 3 is 2.89 bits per heavy atom. The summed E-state index contributed by atoms with van der Waals surface area (Å²) in [5.41, 5.74) is 0.742. The van der Waals surface area contributed by atoms with Crippen LogP contribution in [-0.2, 0) is 6.54 Å². The zero-order valence-corrected chi connectivity index (χ0v) is 10.7. The van der Waals surface area contributed by atoms with E-state index >= 15 is 0 Å².